The molecule has 1 spiro atoms. The molecule has 0 bridgehead atoms. The quantitative estimate of drug-likeness (QED) is 0.714. The highest BCUT2D eigenvalue weighted by molar-refractivity contribution is 6.18. The van der Waals surface area contributed by atoms with Crippen molar-refractivity contribution in [1.82, 2.24) is 0 Å². The molecule has 16 heavy (non-hydrogen) atoms. The van der Waals surface area contributed by atoms with Crippen molar-refractivity contribution < 1.29 is 4.74 Å². The van der Waals surface area contributed by atoms with Crippen LogP contribution in [0.3, 0.4) is 0 Å². The highest BCUT2D eigenvalue weighted by Crippen LogP contribution is 2.60. The molecule has 0 radical (unpaired) electrons. The van der Waals surface area contributed by atoms with E-state index < -0.39 is 0 Å². The van der Waals surface area contributed by atoms with Gasteiger partial charge in [0.1, 0.15) is 5.75 Å². The van der Waals surface area contributed by atoms with Gasteiger partial charge < -0.3 is 4.74 Å². The summed E-state index contributed by atoms with van der Waals surface area (Å²) in [5.74, 6) is 2.51. The predicted molar refractivity (Wildman–Crippen MR) is 66.4 cm³/mol. The number of halogens is 1. The Balaban J connectivity index is 2.01. The first-order valence-electron chi connectivity index (χ1n) is 6.03. The molecule has 2 aliphatic carbocycles. The van der Waals surface area contributed by atoms with Gasteiger partial charge in [-0.25, -0.2) is 0 Å². The molecule has 2 heteroatoms. The number of aryl methyl sites for hydroxylation is 1. The van der Waals surface area contributed by atoms with Gasteiger partial charge in [-0.2, -0.15) is 0 Å². The highest BCUT2D eigenvalue weighted by Gasteiger charge is 2.55. The summed E-state index contributed by atoms with van der Waals surface area (Å²) >= 11 is 6.02. The fourth-order valence-electron chi connectivity index (χ4n) is 3.34. The lowest BCUT2D eigenvalue weighted by Crippen LogP contribution is -2.19. The van der Waals surface area contributed by atoms with Gasteiger partial charge in [0.05, 0.1) is 7.11 Å². The Morgan fingerprint density at radius 1 is 1.50 bits per heavy atom. The molecule has 2 aliphatic rings. The topological polar surface area (TPSA) is 9.23 Å². The lowest BCUT2D eigenvalue weighted by molar-refractivity contribution is 0.412. The largest absolute Gasteiger partial charge is 0.497 e. The van der Waals surface area contributed by atoms with E-state index in [4.69, 9.17) is 16.3 Å². The minimum absolute atomic E-state index is 0.432. The summed E-state index contributed by atoms with van der Waals surface area (Å²) in [4.78, 5) is 0. The summed E-state index contributed by atoms with van der Waals surface area (Å²) in [6, 6.07) is 6.56. The smallest absolute Gasteiger partial charge is 0.119 e. The Bertz CT molecular complexity index is 415. The van der Waals surface area contributed by atoms with E-state index in [1.807, 2.05) is 0 Å². The van der Waals surface area contributed by atoms with Gasteiger partial charge in [-0.1, -0.05) is 6.07 Å². The highest BCUT2D eigenvalue weighted by atomic mass is 35.5. The number of rotatable bonds is 2. The van der Waals surface area contributed by atoms with Crippen molar-refractivity contribution >= 4 is 11.6 Å². The van der Waals surface area contributed by atoms with Crippen molar-refractivity contribution in [3.8, 4) is 5.75 Å². The van der Waals surface area contributed by atoms with Gasteiger partial charge in [0, 0.05) is 5.88 Å². The van der Waals surface area contributed by atoms with Crippen LogP contribution in [0.4, 0.5) is 0 Å². The number of fused-ring (bicyclic) bond motifs is 2. The van der Waals surface area contributed by atoms with Gasteiger partial charge in [-0.05, 0) is 60.3 Å². The minimum Gasteiger partial charge on any atom is -0.497 e. The maximum Gasteiger partial charge on any atom is 0.119 e. The molecule has 1 saturated carbocycles. The lowest BCUT2D eigenvalue weighted by atomic mass is 9.79. The number of hydrogen-bond donors (Lipinski definition) is 0. The molecule has 1 aromatic carbocycles. The van der Waals surface area contributed by atoms with Crippen LogP contribution in [0.1, 0.15) is 30.4 Å². The monoisotopic (exact) mass is 236 g/mol. The maximum atomic E-state index is 6.02. The van der Waals surface area contributed by atoms with Gasteiger partial charge in [0.25, 0.3) is 0 Å². The van der Waals surface area contributed by atoms with Crippen LogP contribution in [0.2, 0.25) is 0 Å². The molecule has 0 aliphatic heterocycles. The Kier molecular flexibility index (Phi) is 2.39. The third-order valence-electron chi connectivity index (χ3n) is 4.34. The van der Waals surface area contributed by atoms with E-state index in [1.165, 1.54) is 31.2 Å². The molecule has 1 nitrogen and oxygen atoms in total. The molecule has 0 heterocycles. The Labute approximate surface area is 102 Å². The van der Waals surface area contributed by atoms with Gasteiger partial charge in [0.2, 0.25) is 0 Å². The maximum absolute atomic E-state index is 6.02. The number of methoxy groups -OCH3 is 1. The van der Waals surface area contributed by atoms with Gasteiger partial charge in [-0.15, -0.1) is 11.6 Å². The predicted octanol–water partition coefficient (Wildman–Crippen LogP) is 3.53. The first kappa shape index (κ1) is 10.5. The normalized spacial score (nSPS) is 31.2. The van der Waals surface area contributed by atoms with Crippen molar-refractivity contribution in [3.63, 3.8) is 0 Å². The molecule has 2 unspecified atom stereocenters. The van der Waals surface area contributed by atoms with E-state index in [-0.39, 0.29) is 0 Å². The van der Waals surface area contributed by atoms with Crippen molar-refractivity contribution in [1.29, 1.82) is 0 Å². The molecule has 0 N–H and O–H groups in total. The Morgan fingerprint density at radius 2 is 2.38 bits per heavy atom. The van der Waals surface area contributed by atoms with Gasteiger partial charge >= 0.3 is 0 Å². The van der Waals surface area contributed by atoms with Crippen LogP contribution < -0.4 is 4.74 Å². The van der Waals surface area contributed by atoms with Crippen molar-refractivity contribution in [2.45, 2.75) is 31.1 Å². The molecule has 0 saturated heterocycles. The van der Waals surface area contributed by atoms with E-state index >= 15 is 0 Å². The number of benzene rings is 1. The van der Waals surface area contributed by atoms with E-state index in [1.54, 1.807) is 12.7 Å². The summed E-state index contributed by atoms with van der Waals surface area (Å²) in [6.45, 7) is 0. The third-order valence-corrected chi connectivity index (χ3v) is 4.71. The summed E-state index contributed by atoms with van der Waals surface area (Å²) < 4.78 is 5.30. The second-order valence-electron chi connectivity index (χ2n) is 5.09. The van der Waals surface area contributed by atoms with Crippen LogP contribution in [0, 0.1) is 5.92 Å². The lowest BCUT2D eigenvalue weighted by Gasteiger charge is -2.27. The average Bonchev–Trinajstić information content (AvgIpc) is 3.03. The molecule has 86 valence electrons. The van der Waals surface area contributed by atoms with Crippen molar-refractivity contribution in [3.05, 3.63) is 29.3 Å². The Morgan fingerprint density at radius 3 is 3.06 bits per heavy atom. The first-order chi connectivity index (χ1) is 7.80. The molecule has 1 aromatic rings. The van der Waals surface area contributed by atoms with Crippen LogP contribution in [-0.2, 0) is 11.8 Å². The summed E-state index contributed by atoms with van der Waals surface area (Å²) in [6.07, 6.45) is 5.11. The molecular weight excluding hydrogens is 220 g/mol. The van der Waals surface area contributed by atoms with E-state index in [9.17, 15) is 0 Å². The zero-order valence-electron chi connectivity index (χ0n) is 9.63. The van der Waals surface area contributed by atoms with E-state index in [0.717, 1.165) is 11.6 Å². The second kappa shape index (κ2) is 3.66. The number of alkyl halides is 1. The van der Waals surface area contributed by atoms with Crippen LogP contribution >= 0.6 is 11.6 Å². The minimum atomic E-state index is 0.432. The zero-order valence-corrected chi connectivity index (χ0v) is 10.4. The molecule has 1 fully saturated rings. The van der Waals surface area contributed by atoms with Crippen molar-refractivity contribution in [2.24, 2.45) is 5.92 Å². The second-order valence-corrected chi connectivity index (χ2v) is 5.40. The fraction of sp³-hybridized carbons (Fsp3) is 0.571. The van der Waals surface area contributed by atoms with Gasteiger partial charge in [0.15, 0.2) is 0 Å². The first-order valence-corrected chi connectivity index (χ1v) is 6.57. The van der Waals surface area contributed by atoms with Crippen LogP contribution in [-0.4, -0.2) is 13.0 Å². The zero-order chi connectivity index (χ0) is 11.2. The van der Waals surface area contributed by atoms with E-state index in [2.05, 4.69) is 18.2 Å². The SMILES string of the molecule is COc1ccc2c(c1)CCCC21CC1CCl. The Hall–Kier alpha value is -0.690. The standard InChI is InChI=1S/C14H17ClO/c1-16-12-4-5-13-10(7-12)3-2-6-14(13)8-11(14)9-15/h4-5,7,11H,2-3,6,8-9H2,1H3. The summed E-state index contributed by atoms with van der Waals surface area (Å²) in [5.41, 5.74) is 3.46. The fourth-order valence-corrected chi connectivity index (χ4v) is 3.74. The molecule has 2 atom stereocenters. The molecular formula is C14H17ClO. The van der Waals surface area contributed by atoms with Gasteiger partial charge in [-0.3, -0.25) is 0 Å². The van der Waals surface area contributed by atoms with Crippen LogP contribution in [0.5, 0.6) is 5.75 Å². The molecule has 0 amide bonds. The average molecular weight is 237 g/mol. The third kappa shape index (κ3) is 1.37. The van der Waals surface area contributed by atoms with Crippen LogP contribution in [0.25, 0.3) is 0 Å². The van der Waals surface area contributed by atoms with Crippen molar-refractivity contribution in [2.75, 3.05) is 13.0 Å². The molecule has 3 rings (SSSR count). The number of ether oxygens (including phenoxy) is 1. The summed E-state index contributed by atoms with van der Waals surface area (Å²) in [5, 5.41) is 0. The van der Waals surface area contributed by atoms with E-state index in [0.29, 0.717) is 11.3 Å². The summed E-state index contributed by atoms with van der Waals surface area (Å²) in [7, 11) is 1.74. The molecule has 0 aromatic heterocycles. The van der Waals surface area contributed by atoms with Crippen LogP contribution in [0.15, 0.2) is 18.2 Å². The number of hydrogen-bond acceptors (Lipinski definition) is 1.